The summed E-state index contributed by atoms with van der Waals surface area (Å²) in [5.74, 6) is 0. The Bertz CT molecular complexity index is 384. The third-order valence-electron chi connectivity index (χ3n) is 3.21. The Balaban J connectivity index is 1.65. The first kappa shape index (κ1) is 13.8. The molecule has 0 aromatic heterocycles. The van der Waals surface area contributed by atoms with Crippen LogP contribution >= 0.6 is 11.6 Å². The van der Waals surface area contributed by atoms with Gasteiger partial charge in [-0.2, -0.15) is 0 Å². The SMILES string of the molecule is COCCOCCNC1Cc2ccc(Cl)cc2C1. The van der Waals surface area contributed by atoms with Crippen LogP contribution in [0, 0.1) is 0 Å². The highest BCUT2D eigenvalue weighted by Crippen LogP contribution is 2.25. The first-order valence-corrected chi connectivity index (χ1v) is 6.75. The van der Waals surface area contributed by atoms with Crippen molar-refractivity contribution in [2.75, 3.05) is 33.5 Å². The molecule has 100 valence electrons. The Labute approximate surface area is 113 Å². The lowest BCUT2D eigenvalue weighted by Gasteiger charge is -2.11. The summed E-state index contributed by atoms with van der Waals surface area (Å²) in [7, 11) is 1.68. The predicted molar refractivity (Wildman–Crippen MR) is 73.3 cm³/mol. The van der Waals surface area contributed by atoms with E-state index in [4.69, 9.17) is 21.1 Å². The molecule has 0 spiro atoms. The lowest BCUT2D eigenvalue weighted by Crippen LogP contribution is -2.32. The zero-order chi connectivity index (χ0) is 12.8. The van der Waals surface area contributed by atoms with Gasteiger partial charge >= 0.3 is 0 Å². The molecule has 0 saturated carbocycles. The highest BCUT2D eigenvalue weighted by Gasteiger charge is 2.20. The minimum Gasteiger partial charge on any atom is -0.382 e. The van der Waals surface area contributed by atoms with Gasteiger partial charge in [-0.3, -0.25) is 0 Å². The van der Waals surface area contributed by atoms with Crippen molar-refractivity contribution >= 4 is 11.6 Å². The van der Waals surface area contributed by atoms with E-state index in [1.165, 1.54) is 11.1 Å². The van der Waals surface area contributed by atoms with E-state index >= 15 is 0 Å². The number of hydrogen-bond donors (Lipinski definition) is 1. The second-order valence-corrected chi connectivity index (χ2v) is 5.01. The van der Waals surface area contributed by atoms with Crippen molar-refractivity contribution in [3.8, 4) is 0 Å². The second kappa shape index (κ2) is 7.10. The van der Waals surface area contributed by atoms with Crippen molar-refractivity contribution in [1.29, 1.82) is 0 Å². The topological polar surface area (TPSA) is 30.5 Å². The van der Waals surface area contributed by atoms with Gasteiger partial charge in [-0.1, -0.05) is 17.7 Å². The van der Waals surface area contributed by atoms with E-state index in [-0.39, 0.29) is 0 Å². The summed E-state index contributed by atoms with van der Waals surface area (Å²) in [4.78, 5) is 0. The summed E-state index contributed by atoms with van der Waals surface area (Å²) in [5.41, 5.74) is 2.79. The molecule has 1 N–H and O–H groups in total. The van der Waals surface area contributed by atoms with Crippen LogP contribution in [0.2, 0.25) is 5.02 Å². The van der Waals surface area contributed by atoms with E-state index in [2.05, 4.69) is 17.4 Å². The molecule has 0 amide bonds. The number of hydrogen-bond acceptors (Lipinski definition) is 3. The minimum atomic E-state index is 0.518. The van der Waals surface area contributed by atoms with E-state index in [0.717, 1.165) is 31.0 Å². The number of ether oxygens (including phenoxy) is 2. The van der Waals surface area contributed by atoms with Gasteiger partial charge in [0.15, 0.2) is 0 Å². The molecular formula is C14H20ClNO2. The van der Waals surface area contributed by atoms with Crippen LogP contribution in [-0.4, -0.2) is 39.5 Å². The molecule has 0 radical (unpaired) electrons. The molecule has 1 aliphatic rings. The quantitative estimate of drug-likeness (QED) is 0.769. The molecule has 1 atom stereocenters. The zero-order valence-corrected chi connectivity index (χ0v) is 11.5. The van der Waals surface area contributed by atoms with Crippen LogP contribution in [0.3, 0.4) is 0 Å². The smallest absolute Gasteiger partial charge is 0.0700 e. The molecule has 1 aromatic carbocycles. The van der Waals surface area contributed by atoms with Crippen molar-refractivity contribution in [2.45, 2.75) is 18.9 Å². The average molecular weight is 270 g/mol. The van der Waals surface area contributed by atoms with Crippen molar-refractivity contribution in [1.82, 2.24) is 5.32 Å². The van der Waals surface area contributed by atoms with Crippen LogP contribution in [0.15, 0.2) is 18.2 Å². The highest BCUT2D eigenvalue weighted by atomic mass is 35.5. The molecule has 3 nitrogen and oxygen atoms in total. The summed E-state index contributed by atoms with van der Waals surface area (Å²) >= 11 is 5.99. The van der Waals surface area contributed by atoms with Gasteiger partial charge in [0.05, 0.1) is 19.8 Å². The number of halogens is 1. The largest absolute Gasteiger partial charge is 0.382 e. The number of nitrogens with one attached hydrogen (secondary N) is 1. The second-order valence-electron chi connectivity index (χ2n) is 4.58. The minimum absolute atomic E-state index is 0.518. The van der Waals surface area contributed by atoms with Gasteiger partial charge in [0, 0.05) is 24.7 Å². The van der Waals surface area contributed by atoms with Gasteiger partial charge < -0.3 is 14.8 Å². The maximum atomic E-state index is 5.99. The molecule has 1 aromatic rings. The Kier molecular flexibility index (Phi) is 5.45. The molecule has 4 heteroatoms. The van der Waals surface area contributed by atoms with Crippen LogP contribution in [0.1, 0.15) is 11.1 Å². The van der Waals surface area contributed by atoms with Gasteiger partial charge in [0.1, 0.15) is 0 Å². The maximum absolute atomic E-state index is 5.99. The molecule has 1 unspecified atom stereocenters. The highest BCUT2D eigenvalue weighted by molar-refractivity contribution is 6.30. The molecule has 18 heavy (non-hydrogen) atoms. The summed E-state index contributed by atoms with van der Waals surface area (Å²) in [6.45, 7) is 2.94. The normalized spacial score (nSPS) is 18.0. The van der Waals surface area contributed by atoms with Crippen LogP contribution in [0.4, 0.5) is 0 Å². The zero-order valence-electron chi connectivity index (χ0n) is 10.7. The van der Waals surface area contributed by atoms with E-state index < -0.39 is 0 Å². The Morgan fingerprint density at radius 2 is 2.06 bits per heavy atom. The van der Waals surface area contributed by atoms with Crippen LogP contribution < -0.4 is 5.32 Å². The maximum Gasteiger partial charge on any atom is 0.0700 e. The average Bonchev–Trinajstić information content (AvgIpc) is 2.75. The van der Waals surface area contributed by atoms with Crippen molar-refractivity contribution in [2.24, 2.45) is 0 Å². The monoisotopic (exact) mass is 269 g/mol. The van der Waals surface area contributed by atoms with Gasteiger partial charge in [0.2, 0.25) is 0 Å². The third kappa shape index (κ3) is 3.95. The number of benzene rings is 1. The van der Waals surface area contributed by atoms with Crippen molar-refractivity contribution in [3.05, 3.63) is 34.3 Å². The first-order valence-electron chi connectivity index (χ1n) is 6.37. The molecule has 2 rings (SSSR count). The Morgan fingerprint density at radius 3 is 2.89 bits per heavy atom. The summed E-state index contributed by atoms with van der Waals surface area (Å²) in [6.07, 6.45) is 2.15. The van der Waals surface area contributed by atoms with E-state index in [1.807, 2.05) is 6.07 Å². The van der Waals surface area contributed by atoms with Crippen molar-refractivity contribution < 1.29 is 9.47 Å². The predicted octanol–water partition coefficient (Wildman–Crippen LogP) is 2.06. The van der Waals surface area contributed by atoms with Gasteiger partial charge in [-0.05, 0) is 36.1 Å². The molecule has 0 saturated heterocycles. The standard InChI is InChI=1S/C14H20ClNO2/c1-17-6-7-18-5-4-16-14-9-11-2-3-13(15)8-12(11)10-14/h2-3,8,14,16H,4-7,9-10H2,1H3. The van der Waals surface area contributed by atoms with E-state index in [0.29, 0.717) is 19.3 Å². The summed E-state index contributed by atoms with van der Waals surface area (Å²) < 4.78 is 10.3. The molecule has 1 aliphatic carbocycles. The lowest BCUT2D eigenvalue weighted by atomic mass is 10.1. The molecule has 0 heterocycles. The van der Waals surface area contributed by atoms with Crippen LogP contribution in [-0.2, 0) is 22.3 Å². The van der Waals surface area contributed by atoms with E-state index in [1.54, 1.807) is 7.11 Å². The van der Waals surface area contributed by atoms with Gasteiger partial charge in [-0.25, -0.2) is 0 Å². The number of methoxy groups -OCH3 is 1. The van der Waals surface area contributed by atoms with E-state index in [9.17, 15) is 0 Å². The van der Waals surface area contributed by atoms with Gasteiger partial charge in [-0.15, -0.1) is 0 Å². The number of rotatable bonds is 7. The molecule has 0 bridgehead atoms. The fourth-order valence-electron chi connectivity index (χ4n) is 2.31. The Morgan fingerprint density at radius 1 is 1.22 bits per heavy atom. The van der Waals surface area contributed by atoms with Crippen LogP contribution in [0.25, 0.3) is 0 Å². The fourth-order valence-corrected chi connectivity index (χ4v) is 2.51. The third-order valence-corrected chi connectivity index (χ3v) is 3.45. The Hall–Kier alpha value is -0.610. The summed E-state index contributed by atoms with van der Waals surface area (Å²) in [6, 6.07) is 6.70. The molecule has 0 fully saturated rings. The first-order chi connectivity index (χ1) is 8.79. The van der Waals surface area contributed by atoms with Crippen molar-refractivity contribution in [3.63, 3.8) is 0 Å². The summed E-state index contributed by atoms with van der Waals surface area (Å²) in [5, 5.41) is 4.35. The fraction of sp³-hybridized carbons (Fsp3) is 0.571. The lowest BCUT2D eigenvalue weighted by molar-refractivity contribution is 0.0711. The van der Waals surface area contributed by atoms with Crippen LogP contribution in [0.5, 0.6) is 0 Å². The molecular weight excluding hydrogens is 250 g/mol. The van der Waals surface area contributed by atoms with Gasteiger partial charge in [0.25, 0.3) is 0 Å². The molecule has 0 aliphatic heterocycles. The number of fused-ring (bicyclic) bond motifs is 1.